The number of rotatable bonds is 14. The Balaban J connectivity index is 2.94. The molecule has 0 aliphatic carbocycles. The van der Waals surface area contributed by atoms with E-state index in [4.69, 9.17) is 0 Å². The van der Waals surface area contributed by atoms with E-state index in [2.05, 4.69) is 6.92 Å². The number of hydrogen-bond donors (Lipinski definition) is 0. The van der Waals surface area contributed by atoms with Gasteiger partial charge in [-0.05, 0) is 18.9 Å². The van der Waals surface area contributed by atoms with E-state index in [0.717, 1.165) is 12.7 Å². The van der Waals surface area contributed by atoms with Crippen LogP contribution < -0.4 is 0 Å². The molecule has 106 valence electrons. The number of hydrogen-bond acceptors (Lipinski definition) is 1. The van der Waals surface area contributed by atoms with Gasteiger partial charge in [0.15, 0.2) is 0 Å². The molecule has 0 aliphatic rings. The van der Waals surface area contributed by atoms with Gasteiger partial charge < -0.3 is 0 Å². The Morgan fingerprint density at radius 2 is 1.11 bits per heavy atom. The molecule has 0 N–H and O–H groups in total. The first kappa shape index (κ1) is 17.4. The quantitative estimate of drug-likeness (QED) is 0.216. The third kappa shape index (κ3) is 15.4. The van der Waals surface area contributed by atoms with Gasteiger partial charge >= 0.3 is 0 Å². The molecule has 0 spiro atoms. The first-order valence-corrected chi connectivity index (χ1v) is 8.02. The highest BCUT2D eigenvalue weighted by atomic mass is 16.1. The van der Waals surface area contributed by atoms with Crippen molar-refractivity contribution < 1.29 is 4.79 Å². The highest BCUT2D eigenvalue weighted by Crippen LogP contribution is 2.12. The standard InChI is InChI=1S/C17H32O/c1-2-3-4-5-6-7-8-9-10-11-12-13-14-15-16-17-18/h15-17H,2-14H2,1H3. The fraction of sp³-hybridized carbons (Fsp3) is 0.824. The lowest BCUT2D eigenvalue weighted by Gasteiger charge is -2.02. The third-order valence-electron chi connectivity index (χ3n) is 3.44. The molecule has 0 saturated carbocycles. The van der Waals surface area contributed by atoms with E-state index in [1.165, 1.54) is 77.0 Å². The largest absolute Gasteiger partial charge is 0.299 e. The fourth-order valence-electron chi connectivity index (χ4n) is 2.25. The van der Waals surface area contributed by atoms with Crippen LogP contribution in [0.4, 0.5) is 0 Å². The summed E-state index contributed by atoms with van der Waals surface area (Å²) in [6.07, 6.45) is 22.2. The minimum atomic E-state index is 0.862. The molecule has 0 aromatic heterocycles. The molecule has 1 nitrogen and oxygen atoms in total. The fourth-order valence-corrected chi connectivity index (χ4v) is 2.25. The van der Waals surface area contributed by atoms with Crippen LogP contribution in [0.5, 0.6) is 0 Å². The zero-order valence-electron chi connectivity index (χ0n) is 12.3. The van der Waals surface area contributed by atoms with E-state index in [1.54, 1.807) is 6.08 Å². The Kier molecular flexibility index (Phi) is 15.9. The molecular weight excluding hydrogens is 220 g/mol. The van der Waals surface area contributed by atoms with Crippen molar-refractivity contribution in [1.82, 2.24) is 0 Å². The van der Waals surface area contributed by atoms with Crippen molar-refractivity contribution >= 4 is 6.29 Å². The summed E-state index contributed by atoms with van der Waals surface area (Å²) in [6, 6.07) is 0. The predicted octanol–water partition coefficient (Wildman–Crippen LogP) is 5.83. The van der Waals surface area contributed by atoms with Gasteiger partial charge in [-0.1, -0.05) is 83.6 Å². The van der Waals surface area contributed by atoms with Crippen LogP contribution in [0.2, 0.25) is 0 Å². The highest BCUT2D eigenvalue weighted by molar-refractivity contribution is 5.64. The van der Waals surface area contributed by atoms with E-state index in [0.29, 0.717) is 0 Å². The van der Waals surface area contributed by atoms with Gasteiger partial charge in [0.25, 0.3) is 0 Å². The SMILES string of the molecule is CCCCCCCCCCCCCCC=CC=O. The van der Waals surface area contributed by atoms with E-state index >= 15 is 0 Å². The van der Waals surface area contributed by atoms with Crippen molar-refractivity contribution in [3.05, 3.63) is 12.2 Å². The Morgan fingerprint density at radius 3 is 1.56 bits per heavy atom. The van der Waals surface area contributed by atoms with Crippen LogP contribution >= 0.6 is 0 Å². The van der Waals surface area contributed by atoms with E-state index in [-0.39, 0.29) is 0 Å². The molecule has 0 radical (unpaired) electrons. The number of unbranched alkanes of at least 4 members (excludes halogenated alkanes) is 12. The molecule has 0 fully saturated rings. The van der Waals surface area contributed by atoms with Crippen LogP contribution in [0.1, 0.15) is 90.4 Å². The van der Waals surface area contributed by atoms with Crippen LogP contribution in [0, 0.1) is 0 Å². The average Bonchev–Trinajstić information content (AvgIpc) is 2.39. The lowest BCUT2D eigenvalue weighted by atomic mass is 10.0. The summed E-state index contributed by atoms with van der Waals surface area (Å²) in [5.74, 6) is 0. The molecule has 0 aliphatic heterocycles. The maximum absolute atomic E-state index is 10.0. The molecule has 0 bridgehead atoms. The maximum Gasteiger partial charge on any atom is 0.142 e. The second kappa shape index (κ2) is 16.4. The molecule has 0 amide bonds. The molecule has 0 heterocycles. The zero-order valence-corrected chi connectivity index (χ0v) is 12.3. The van der Waals surface area contributed by atoms with Crippen LogP contribution in [0.3, 0.4) is 0 Å². The minimum Gasteiger partial charge on any atom is -0.299 e. The normalized spacial score (nSPS) is 11.2. The van der Waals surface area contributed by atoms with Gasteiger partial charge in [-0.3, -0.25) is 4.79 Å². The Hall–Kier alpha value is -0.590. The summed E-state index contributed by atoms with van der Waals surface area (Å²) >= 11 is 0. The smallest absolute Gasteiger partial charge is 0.142 e. The molecule has 0 unspecified atom stereocenters. The minimum absolute atomic E-state index is 0.862. The topological polar surface area (TPSA) is 17.1 Å². The number of carbonyl (C=O) groups excluding carboxylic acids is 1. The van der Waals surface area contributed by atoms with E-state index in [1.807, 2.05) is 6.08 Å². The van der Waals surface area contributed by atoms with E-state index in [9.17, 15) is 4.79 Å². The van der Waals surface area contributed by atoms with Crippen LogP contribution in [-0.4, -0.2) is 6.29 Å². The molecule has 1 heteroatoms. The van der Waals surface area contributed by atoms with Crippen molar-refractivity contribution in [2.24, 2.45) is 0 Å². The number of allylic oxidation sites excluding steroid dienone is 2. The van der Waals surface area contributed by atoms with Crippen molar-refractivity contribution in [3.63, 3.8) is 0 Å². The first-order valence-electron chi connectivity index (χ1n) is 8.02. The monoisotopic (exact) mass is 252 g/mol. The van der Waals surface area contributed by atoms with Crippen molar-refractivity contribution in [2.75, 3.05) is 0 Å². The van der Waals surface area contributed by atoms with Crippen molar-refractivity contribution in [2.45, 2.75) is 90.4 Å². The highest BCUT2D eigenvalue weighted by Gasteiger charge is 1.92. The molecule has 18 heavy (non-hydrogen) atoms. The van der Waals surface area contributed by atoms with Gasteiger partial charge in [0.2, 0.25) is 0 Å². The zero-order chi connectivity index (χ0) is 13.3. The summed E-state index contributed by atoms with van der Waals surface area (Å²) in [4.78, 5) is 10.0. The van der Waals surface area contributed by atoms with Gasteiger partial charge in [0.05, 0.1) is 0 Å². The van der Waals surface area contributed by atoms with Crippen LogP contribution in [-0.2, 0) is 4.79 Å². The second-order valence-electron chi connectivity index (χ2n) is 5.24. The van der Waals surface area contributed by atoms with Crippen LogP contribution in [0.15, 0.2) is 12.2 Å². The summed E-state index contributed by atoms with van der Waals surface area (Å²) in [6.45, 7) is 2.27. The Bertz CT molecular complexity index is 184. The lowest BCUT2D eigenvalue weighted by molar-refractivity contribution is -0.104. The van der Waals surface area contributed by atoms with Gasteiger partial charge in [-0.2, -0.15) is 0 Å². The van der Waals surface area contributed by atoms with Crippen LogP contribution in [0.25, 0.3) is 0 Å². The summed E-state index contributed by atoms with van der Waals surface area (Å²) in [5, 5.41) is 0. The molecular formula is C17H32O. The first-order chi connectivity index (χ1) is 8.91. The average molecular weight is 252 g/mol. The second-order valence-corrected chi connectivity index (χ2v) is 5.24. The third-order valence-corrected chi connectivity index (χ3v) is 3.44. The Labute approximate surface area is 114 Å². The maximum atomic E-state index is 10.0. The molecule has 0 aromatic rings. The van der Waals surface area contributed by atoms with Crippen molar-refractivity contribution in [1.29, 1.82) is 0 Å². The van der Waals surface area contributed by atoms with E-state index < -0.39 is 0 Å². The Morgan fingerprint density at radius 1 is 0.667 bits per heavy atom. The van der Waals surface area contributed by atoms with Crippen molar-refractivity contribution in [3.8, 4) is 0 Å². The van der Waals surface area contributed by atoms with Gasteiger partial charge in [-0.15, -0.1) is 0 Å². The molecule has 0 atom stereocenters. The summed E-state index contributed by atoms with van der Waals surface area (Å²) < 4.78 is 0. The molecule has 0 saturated heterocycles. The van der Waals surface area contributed by atoms with Gasteiger partial charge in [-0.25, -0.2) is 0 Å². The molecule has 0 aromatic carbocycles. The number of carbonyl (C=O) groups is 1. The van der Waals surface area contributed by atoms with Gasteiger partial charge in [0.1, 0.15) is 6.29 Å². The molecule has 0 rings (SSSR count). The summed E-state index contributed by atoms with van der Waals surface area (Å²) in [7, 11) is 0. The van der Waals surface area contributed by atoms with Gasteiger partial charge in [0, 0.05) is 0 Å². The predicted molar refractivity (Wildman–Crippen MR) is 80.9 cm³/mol. The summed E-state index contributed by atoms with van der Waals surface area (Å²) in [5.41, 5.74) is 0. The number of aldehydes is 1. The lowest BCUT2D eigenvalue weighted by Crippen LogP contribution is -1.82.